The van der Waals surface area contributed by atoms with Gasteiger partial charge in [-0.2, -0.15) is 0 Å². The van der Waals surface area contributed by atoms with Crippen LogP contribution in [0.1, 0.15) is 6.92 Å². The summed E-state index contributed by atoms with van der Waals surface area (Å²) in [6.45, 7) is 6.78. The lowest BCUT2D eigenvalue weighted by atomic mass is 10.3. The number of aliphatic hydroxyl groups is 4. The van der Waals surface area contributed by atoms with E-state index in [0.29, 0.717) is 0 Å². The van der Waals surface area contributed by atoms with E-state index in [4.69, 9.17) is 20.4 Å². The van der Waals surface area contributed by atoms with E-state index in [2.05, 4.69) is 22.6 Å². The molecule has 0 bridgehead atoms. The summed E-state index contributed by atoms with van der Waals surface area (Å²) in [4.78, 5) is 20.9. The van der Waals surface area contributed by atoms with E-state index >= 15 is 0 Å². The second kappa shape index (κ2) is 13.3. The summed E-state index contributed by atoms with van der Waals surface area (Å²) in [6, 6.07) is 0. The summed E-state index contributed by atoms with van der Waals surface area (Å²) in [5.74, 6) is -1.16. The van der Waals surface area contributed by atoms with Crippen LogP contribution >= 0.6 is 0 Å². The normalized spacial score (nSPS) is 12.2. The van der Waals surface area contributed by atoms with E-state index in [9.17, 15) is 9.59 Å². The molecule has 0 fully saturated rings. The van der Waals surface area contributed by atoms with E-state index in [-0.39, 0.29) is 18.8 Å². The Kier molecular flexibility index (Phi) is 13.6. The summed E-state index contributed by atoms with van der Waals surface area (Å²) in [5, 5.41) is 33.9. The van der Waals surface area contributed by atoms with Crippen molar-refractivity contribution in [3.8, 4) is 0 Å². The Hall–Kier alpha value is -1.74. The van der Waals surface area contributed by atoms with Crippen molar-refractivity contribution in [2.75, 3.05) is 26.4 Å². The Balaban J connectivity index is 0. The minimum Gasteiger partial charge on any atom is -0.460 e. The van der Waals surface area contributed by atoms with Gasteiger partial charge in [-0.1, -0.05) is 13.2 Å². The van der Waals surface area contributed by atoms with Crippen LogP contribution in [0.25, 0.3) is 0 Å². The Morgan fingerprint density at radius 3 is 1.86 bits per heavy atom. The Morgan fingerprint density at radius 2 is 1.52 bits per heavy atom. The third-order valence-corrected chi connectivity index (χ3v) is 1.76. The number of hydrogen-bond donors (Lipinski definition) is 4. The predicted molar refractivity (Wildman–Crippen MR) is 73.1 cm³/mol. The first-order valence-electron chi connectivity index (χ1n) is 5.98. The topological polar surface area (TPSA) is 134 Å². The molecule has 4 N–H and O–H groups in total. The maximum absolute atomic E-state index is 10.6. The van der Waals surface area contributed by atoms with Crippen molar-refractivity contribution in [2.45, 2.75) is 19.1 Å². The molecule has 8 heteroatoms. The highest BCUT2D eigenvalue weighted by Crippen LogP contribution is 1.93. The molecule has 0 heterocycles. The Morgan fingerprint density at radius 1 is 1.10 bits per heavy atom. The van der Waals surface area contributed by atoms with E-state index in [1.165, 1.54) is 6.92 Å². The standard InChI is InChI=1S/C7H12O4.C6H10O4/c1-5(2)7(10)11-4-6(9)3-8;1-2-6(9)10-4-5(8)3-7/h6,8-9H,1,3-4H2,2H3;2,5,7-8H,1,3-4H2. The highest BCUT2D eigenvalue weighted by molar-refractivity contribution is 5.86. The predicted octanol–water partition coefficient (Wildman–Crippen LogP) is -1.47. The molecule has 8 nitrogen and oxygen atoms in total. The van der Waals surface area contributed by atoms with Gasteiger partial charge in [-0.3, -0.25) is 0 Å². The number of ether oxygens (including phenoxy) is 2. The van der Waals surface area contributed by atoms with Crippen LogP contribution in [0.3, 0.4) is 0 Å². The first kappa shape index (κ1) is 21.6. The molecule has 0 aromatic rings. The van der Waals surface area contributed by atoms with Gasteiger partial charge in [-0.25, -0.2) is 9.59 Å². The van der Waals surface area contributed by atoms with Gasteiger partial charge in [0.25, 0.3) is 0 Å². The van der Waals surface area contributed by atoms with E-state index in [1.807, 2.05) is 0 Å². The van der Waals surface area contributed by atoms with E-state index in [1.54, 1.807) is 0 Å². The Labute approximate surface area is 122 Å². The number of carbonyl (C=O) groups is 2. The molecule has 0 aliphatic rings. The van der Waals surface area contributed by atoms with Gasteiger partial charge in [-0.05, 0) is 6.92 Å². The van der Waals surface area contributed by atoms with Crippen molar-refractivity contribution in [1.29, 1.82) is 0 Å². The van der Waals surface area contributed by atoms with Gasteiger partial charge >= 0.3 is 11.9 Å². The minimum atomic E-state index is -1.00. The monoisotopic (exact) mass is 306 g/mol. The van der Waals surface area contributed by atoms with Gasteiger partial charge in [0.15, 0.2) is 0 Å². The van der Waals surface area contributed by atoms with Crippen molar-refractivity contribution < 1.29 is 39.5 Å². The average Bonchev–Trinajstić information content (AvgIpc) is 2.49. The zero-order valence-corrected chi connectivity index (χ0v) is 11.9. The van der Waals surface area contributed by atoms with Gasteiger partial charge in [-0.15, -0.1) is 0 Å². The van der Waals surface area contributed by atoms with Gasteiger partial charge < -0.3 is 29.9 Å². The van der Waals surface area contributed by atoms with Crippen LogP contribution in [0.2, 0.25) is 0 Å². The lowest BCUT2D eigenvalue weighted by molar-refractivity contribution is -0.142. The van der Waals surface area contributed by atoms with Gasteiger partial charge in [0.05, 0.1) is 13.2 Å². The van der Waals surface area contributed by atoms with Crippen LogP contribution in [-0.2, 0) is 19.1 Å². The SMILES string of the molecule is C=C(C)C(=O)OCC(O)CO.C=CC(=O)OCC(O)CO. The van der Waals surface area contributed by atoms with Crippen LogP contribution in [0, 0.1) is 0 Å². The Bertz CT molecular complexity index is 339. The van der Waals surface area contributed by atoms with Crippen LogP contribution < -0.4 is 0 Å². The van der Waals surface area contributed by atoms with Gasteiger partial charge in [0, 0.05) is 11.6 Å². The summed E-state index contributed by atoms with van der Waals surface area (Å²) in [7, 11) is 0. The van der Waals surface area contributed by atoms with Crippen molar-refractivity contribution in [3.63, 3.8) is 0 Å². The second-order valence-electron chi connectivity index (χ2n) is 3.89. The zero-order chi connectivity index (χ0) is 16.8. The summed E-state index contributed by atoms with van der Waals surface area (Å²) < 4.78 is 8.88. The molecule has 0 spiro atoms. The molecule has 2 atom stereocenters. The molecule has 21 heavy (non-hydrogen) atoms. The molecular weight excluding hydrogens is 284 g/mol. The van der Waals surface area contributed by atoms with Crippen molar-refractivity contribution in [3.05, 3.63) is 24.8 Å². The van der Waals surface area contributed by atoms with Gasteiger partial charge in [0.2, 0.25) is 0 Å². The maximum atomic E-state index is 10.6. The fourth-order valence-corrected chi connectivity index (χ4v) is 0.638. The summed E-state index contributed by atoms with van der Waals surface area (Å²) >= 11 is 0. The number of esters is 2. The van der Waals surface area contributed by atoms with E-state index < -0.39 is 37.4 Å². The third kappa shape index (κ3) is 14.5. The van der Waals surface area contributed by atoms with Crippen molar-refractivity contribution in [1.82, 2.24) is 0 Å². The van der Waals surface area contributed by atoms with E-state index in [0.717, 1.165) is 6.08 Å². The van der Waals surface area contributed by atoms with Crippen LogP contribution in [-0.4, -0.2) is 71.0 Å². The van der Waals surface area contributed by atoms with Gasteiger partial charge in [0.1, 0.15) is 25.4 Å². The lowest BCUT2D eigenvalue weighted by Gasteiger charge is -2.07. The second-order valence-corrected chi connectivity index (χ2v) is 3.89. The number of rotatable bonds is 8. The highest BCUT2D eigenvalue weighted by atomic mass is 16.5. The molecule has 2 unspecified atom stereocenters. The molecule has 0 saturated heterocycles. The first-order valence-corrected chi connectivity index (χ1v) is 5.98. The number of hydrogen-bond acceptors (Lipinski definition) is 8. The number of aliphatic hydroxyl groups excluding tert-OH is 4. The molecule has 0 amide bonds. The van der Waals surface area contributed by atoms with Crippen LogP contribution in [0.15, 0.2) is 24.8 Å². The quantitative estimate of drug-likeness (QED) is 0.315. The fraction of sp³-hybridized carbons (Fsp3) is 0.538. The average molecular weight is 306 g/mol. The third-order valence-electron chi connectivity index (χ3n) is 1.76. The number of carbonyl (C=O) groups excluding carboxylic acids is 2. The molecule has 0 aliphatic heterocycles. The smallest absolute Gasteiger partial charge is 0.333 e. The first-order chi connectivity index (χ1) is 9.78. The molecule has 0 rings (SSSR count). The largest absolute Gasteiger partial charge is 0.460 e. The molecule has 122 valence electrons. The zero-order valence-electron chi connectivity index (χ0n) is 11.9. The van der Waals surface area contributed by atoms with Crippen LogP contribution in [0.5, 0.6) is 0 Å². The van der Waals surface area contributed by atoms with Crippen molar-refractivity contribution >= 4 is 11.9 Å². The maximum Gasteiger partial charge on any atom is 0.333 e. The minimum absolute atomic E-state index is 0.192. The molecule has 0 aliphatic carbocycles. The molecule has 0 radical (unpaired) electrons. The molecule has 0 aromatic heterocycles. The van der Waals surface area contributed by atoms with Crippen molar-refractivity contribution in [2.24, 2.45) is 0 Å². The summed E-state index contributed by atoms with van der Waals surface area (Å²) in [6.07, 6.45) is -1.01. The fourth-order valence-electron chi connectivity index (χ4n) is 0.638. The lowest BCUT2D eigenvalue weighted by Crippen LogP contribution is -2.22. The molecule has 0 aromatic carbocycles. The molecule has 0 saturated carbocycles. The highest BCUT2D eigenvalue weighted by Gasteiger charge is 2.07. The molecular formula is C13H22O8. The summed E-state index contributed by atoms with van der Waals surface area (Å²) in [5.41, 5.74) is 0.273. The van der Waals surface area contributed by atoms with Crippen LogP contribution in [0.4, 0.5) is 0 Å².